The molecule has 3 aliphatic heterocycles. The number of nitrogens with one attached hydrogen (secondary N) is 2. The first-order valence-corrected chi connectivity index (χ1v) is 17.7. The molecule has 3 heterocycles. The van der Waals surface area contributed by atoms with Crippen molar-refractivity contribution >= 4 is 30.2 Å². The highest BCUT2D eigenvalue weighted by Crippen LogP contribution is 2.49. The number of rotatable bonds is 8. The number of ether oxygens (including phenoxy) is 5. The number of fused-ring (bicyclic) bond motifs is 6. The van der Waals surface area contributed by atoms with E-state index < -0.39 is 41.2 Å². The lowest BCUT2D eigenvalue weighted by Crippen LogP contribution is -2.53. The number of carbonyl (C=O) groups is 5. The number of methoxy groups -OCH3 is 2. The maximum absolute atomic E-state index is 13.0. The Kier molecular flexibility index (Phi) is 13.4. The summed E-state index contributed by atoms with van der Waals surface area (Å²) in [5, 5.41) is 46.2. The number of hydrogen-bond donors (Lipinski definition) is 6. The molecule has 17 heteroatoms. The number of benzene rings is 2. The molecule has 294 valence electrons. The third kappa shape index (κ3) is 7.84. The van der Waals surface area contributed by atoms with Crippen LogP contribution in [0.3, 0.4) is 0 Å². The number of nitrogens with zero attached hydrogens (tertiary/aromatic N) is 1. The molecule has 3 saturated heterocycles. The van der Waals surface area contributed by atoms with Gasteiger partial charge in [0.15, 0.2) is 18.3 Å². The van der Waals surface area contributed by atoms with Gasteiger partial charge in [-0.25, -0.2) is 0 Å². The molecule has 2 aromatic carbocycles. The minimum Gasteiger partial charge on any atom is -0.507 e. The van der Waals surface area contributed by atoms with E-state index >= 15 is 0 Å². The maximum atomic E-state index is 13.0. The maximum Gasteiger partial charge on any atom is 0.225 e. The van der Waals surface area contributed by atoms with Gasteiger partial charge in [-0.2, -0.15) is 0 Å². The summed E-state index contributed by atoms with van der Waals surface area (Å²) in [6, 6.07) is 4.99. The molecule has 7 unspecified atom stereocenters. The summed E-state index contributed by atoms with van der Waals surface area (Å²) in [5.41, 5.74) is -0.529. The Bertz CT molecular complexity index is 1740. The molecule has 0 spiro atoms. The Labute approximate surface area is 311 Å². The Hall–Kier alpha value is -4.49. The second kappa shape index (κ2) is 17.8. The third-order valence-electron chi connectivity index (χ3n) is 10.3. The Morgan fingerprint density at radius 2 is 1.80 bits per heavy atom. The van der Waals surface area contributed by atoms with E-state index in [1.807, 2.05) is 0 Å². The Morgan fingerprint density at radius 1 is 1.06 bits per heavy atom. The molecule has 7 rings (SSSR count). The highest BCUT2D eigenvalue weighted by Gasteiger charge is 2.51. The second-order valence-electron chi connectivity index (χ2n) is 13.4. The van der Waals surface area contributed by atoms with Crippen molar-refractivity contribution < 1.29 is 68.1 Å². The summed E-state index contributed by atoms with van der Waals surface area (Å²) in [4.78, 5) is 59.3. The molecule has 6 N–H and O–H groups in total. The number of carbonyl (C=O) groups excluding carboxylic acids is 5. The van der Waals surface area contributed by atoms with Gasteiger partial charge in [0.25, 0.3) is 0 Å². The van der Waals surface area contributed by atoms with Crippen LogP contribution in [-0.4, -0.2) is 140 Å². The topological polar surface area (TPSA) is 240 Å². The first kappa shape index (κ1) is 40.7. The molecule has 0 aromatic heterocycles. The van der Waals surface area contributed by atoms with Gasteiger partial charge in [-0.1, -0.05) is 12.1 Å². The van der Waals surface area contributed by atoms with Crippen LogP contribution in [0, 0.1) is 5.92 Å². The van der Waals surface area contributed by atoms with Crippen molar-refractivity contribution in [1.29, 1.82) is 0 Å². The molecular weight excluding hydrogens is 710 g/mol. The summed E-state index contributed by atoms with van der Waals surface area (Å²) in [6.45, 7) is 4.75. The molecule has 2 aliphatic carbocycles. The first-order chi connectivity index (χ1) is 25.9. The van der Waals surface area contributed by atoms with Crippen LogP contribution in [0.15, 0.2) is 18.2 Å². The second-order valence-corrected chi connectivity index (χ2v) is 13.4. The zero-order valence-electron chi connectivity index (χ0n) is 30.5. The number of aldehydes is 1. The van der Waals surface area contributed by atoms with Gasteiger partial charge in [-0.3, -0.25) is 24.1 Å². The molecule has 0 radical (unpaired) electrons. The van der Waals surface area contributed by atoms with Crippen LogP contribution in [0.2, 0.25) is 0 Å². The quantitative estimate of drug-likeness (QED) is 0.132. The SMILES string of the molecule is CNC(=O)C(CC=O)CNC=O.COC1OCCN2C3CCOC(C)C3O[C@H]12.COc1cccc2c1C(=O)c1c(O)c3c(c(O)c1C2=O)CC(O)CC3O. The van der Waals surface area contributed by atoms with Crippen LogP contribution in [0.25, 0.3) is 0 Å². The monoisotopic (exact) mass is 757 g/mol. The molecule has 8 atom stereocenters. The van der Waals surface area contributed by atoms with Gasteiger partial charge in [-0.15, -0.1) is 0 Å². The van der Waals surface area contributed by atoms with E-state index in [2.05, 4.69) is 22.5 Å². The molecule has 5 aliphatic rings. The fourth-order valence-electron chi connectivity index (χ4n) is 7.66. The minimum absolute atomic E-state index is 0.00693. The van der Waals surface area contributed by atoms with Crippen LogP contribution in [-0.2, 0) is 39.8 Å². The van der Waals surface area contributed by atoms with Crippen molar-refractivity contribution in [3.63, 3.8) is 0 Å². The van der Waals surface area contributed by atoms with E-state index in [0.29, 0.717) is 18.7 Å². The molecule has 2 amide bonds. The van der Waals surface area contributed by atoms with Crippen LogP contribution in [0.1, 0.15) is 75.3 Å². The summed E-state index contributed by atoms with van der Waals surface area (Å²) >= 11 is 0. The van der Waals surface area contributed by atoms with Gasteiger partial charge in [-0.05, 0) is 19.4 Å². The standard InChI is InChI=1S/C19H16O7.C11H19NO4.C7H12N2O3/c1-26-11-4-2-3-8-13(11)19(25)15-14(16(8)22)17(23)9-5-7(20)6-10(21)12(9)18(15)24;1-7-9-8(3-5-14-7)12-4-6-15-11(13-2)10(12)16-9;1-8-7(12)6(2-3-10)4-9-5-11/h2-4,7,10,20-21,23-24H,5-6H2,1H3;7-11H,3-6H2,1-2H3;3,5-6H,2,4H2,1H3,(H,8,12)(H,9,11)/t;7?,8?,9?,10-,11?;/m.1./s1. The molecule has 3 fully saturated rings. The summed E-state index contributed by atoms with van der Waals surface area (Å²) in [7, 11) is 4.51. The van der Waals surface area contributed by atoms with Crippen LogP contribution in [0.4, 0.5) is 0 Å². The predicted octanol–water partition coefficient (Wildman–Crippen LogP) is 0.0993. The minimum atomic E-state index is -1.26. The molecular formula is C37H47N3O14. The number of aliphatic hydroxyl groups is 2. The highest BCUT2D eigenvalue weighted by molar-refractivity contribution is 6.31. The lowest BCUT2D eigenvalue weighted by Gasteiger charge is -2.37. The van der Waals surface area contributed by atoms with Gasteiger partial charge in [0.05, 0.1) is 54.6 Å². The summed E-state index contributed by atoms with van der Waals surface area (Å²) in [6.07, 6.45) is 0.0843. The lowest BCUT2D eigenvalue weighted by atomic mass is 9.76. The normalized spacial score (nSPS) is 27.1. The van der Waals surface area contributed by atoms with E-state index in [9.17, 15) is 44.4 Å². The van der Waals surface area contributed by atoms with E-state index in [0.717, 1.165) is 26.2 Å². The van der Waals surface area contributed by atoms with E-state index in [-0.39, 0.29) is 95.6 Å². The van der Waals surface area contributed by atoms with Crippen molar-refractivity contribution in [2.45, 2.75) is 75.6 Å². The molecule has 2 aromatic rings. The summed E-state index contributed by atoms with van der Waals surface area (Å²) in [5.74, 6) is -2.84. The van der Waals surface area contributed by atoms with Gasteiger partial charge in [0.1, 0.15) is 29.6 Å². The molecule has 17 nitrogen and oxygen atoms in total. The van der Waals surface area contributed by atoms with Gasteiger partial charge < -0.3 is 59.5 Å². The summed E-state index contributed by atoms with van der Waals surface area (Å²) < 4.78 is 27.7. The van der Waals surface area contributed by atoms with Crippen molar-refractivity contribution in [1.82, 2.24) is 15.5 Å². The van der Waals surface area contributed by atoms with E-state index in [1.165, 1.54) is 26.3 Å². The van der Waals surface area contributed by atoms with Crippen LogP contribution in [0.5, 0.6) is 17.2 Å². The number of aliphatic hydroxyl groups excluding tert-OH is 2. The number of hydrogen-bond acceptors (Lipinski definition) is 15. The average molecular weight is 758 g/mol. The first-order valence-electron chi connectivity index (χ1n) is 17.7. The van der Waals surface area contributed by atoms with Crippen molar-refractivity contribution in [2.24, 2.45) is 5.92 Å². The number of aromatic hydroxyl groups is 2. The lowest BCUT2D eigenvalue weighted by molar-refractivity contribution is -0.246. The largest absolute Gasteiger partial charge is 0.507 e. The number of ketones is 2. The fourth-order valence-corrected chi connectivity index (χ4v) is 7.66. The van der Waals surface area contributed by atoms with E-state index in [1.54, 1.807) is 13.2 Å². The van der Waals surface area contributed by atoms with Crippen LogP contribution >= 0.6 is 0 Å². The third-order valence-corrected chi connectivity index (χ3v) is 10.3. The molecule has 54 heavy (non-hydrogen) atoms. The van der Waals surface area contributed by atoms with Gasteiger partial charge in [0, 0.05) is 75.8 Å². The number of phenols is 2. The van der Waals surface area contributed by atoms with Crippen LogP contribution < -0.4 is 15.4 Å². The fraction of sp³-hybridized carbons (Fsp3) is 0.541. The number of phenolic OH excluding ortho intramolecular Hbond substituents is 2. The number of amides is 2. The average Bonchev–Trinajstić information content (AvgIpc) is 3.57. The number of morpholine rings is 1. The van der Waals surface area contributed by atoms with E-state index in [4.69, 9.17) is 23.7 Å². The molecule has 0 bridgehead atoms. The van der Waals surface area contributed by atoms with Crippen molar-refractivity contribution in [2.75, 3.05) is 47.6 Å². The van der Waals surface area contributed by atoms with Gasteiger partial charge >= 0.3 is 0 Å². The highest BCUT2D eigenvalue weighted by atomic mass is 16.7. The molecule has 0 saturated carbocycles. The van der Waals surface area contributed by atoms with Crippen molar-refractivity contribution in [3.05, 3.63) is 51.6 Å². The Balaban J connectivity index is 0.000000171. The van der Waals surface area contributed by atoms with Crippen molar-refractivity contribution in [3.8, 4) is 17.2 Å². The zero-order chi connectivity index (χ0) is 39.3. The Morgan fingerprint density at radius 3 is 2.46 bits per heavy atom. The zero-order valence-corrected chi connectivity index (χ0v) is 30.5. The smallest absolute Gasteiger partial charge is 0.225 e. The predicted molar refractivity (Wildman–Crippen MR) is 187 cm³/mol. The van der Waals surface area contributed by atoms with Gasteiger partial charge in [0.2, 0.25) is 18.1 Å².